The molecule has 1 saturated heterocycles. The molecule has 2 rings (SSSR count). The number of aromatic hydroxyl groups is 1. The predicted octanol–water partition coefficient (Wildman–Crippen LogP) is 2.89. The van der Waals surface area contributed by atoms with Gasteiger partial charge >= 0.3 is 0 Å². The standard InChI is InChI=1S/C12H13Cl2NO2/c13-8-2-1-5-15(7-8)12(17)10-6-9(16)3-4-11(10)14/h3-4,6,8,16H,1-2,5,7H2. The number of likely N-dealkylation sites (tertiary alicyclic amines) is 1. The van der Waals surface area contributed by atoms with E-state index in [4.69, 9.17) is 23.2 Å². The fraction of sp³-hybridized carbons (Fsp3) is 0.417. The smallest absolute Gasteiger partial charge is 0.255 e. The van der Waals surface area contributed by atoms with Crippen LogP contribution < -0.4 is 0 Å². The molecule has 0 bridgehead atoms. The summed E-state index contributed by atoms with van der Waals surface area (Å²) in [5.74, 6) is -0.131. The summed E-state index contributed by atoms with van der Waals surface area (Å²) in [6, 6.07) is 4.37. The highest BCUT2D eigenvalue weighted by Crippen LogP contribution is 2.24. The van der Waals surface area contributed by atoms with E-state index in [2.05, 4.69) is 0 Å². The van der Waals surface area contributed by atoms with Gasteiger partial charge in [-0.3, -0.25) is 4.79 Å². The molecule has 1 aliphatic rings. The Balaban J connectivity index is 2.21. The van der Waals surface area contributed by atoms with Gasteiger partial charge in [-0.2, -0.15) is 0 Å². The summed E-state index contributed by atoms with van der Waals surface area (Å²) in [4.78, 5) is 13.9. The predicted molar refractivity (Wildman–Crippen MR) is 67.9 cm³/mol. The van der Waals surface area contributed by atoms with E-state index in [1.54, 1.807) is 4.90 Å². The van der Waals surface area contributed by atoms with E-state index in [0.717, 1.165) is 12.8 Å². The fourth-order valence-corrected chi connectivity index (χ4v) is 2.48. The molecule has 92 valence electrons. The molecule has 1 aromatic carbocycles. The molecule has 1 unspecified atom stereocenters. The second-order valence-corrected chi connectivity index (χ2v) is 5.18. The molecule has 5 heteroatoms. The normalized spacial score (nSPS) is 20.4. The van der Waals surface area contributed by atoms with Gasteiger partial charge in [-0.05, 0) is 31.0 Å². The van der Waals surface area contributed by atoms with Crippen LogP contribution in [-0.4, -0.2) is 34.4 Å². The zero-order chi connectivity index (χ0) is 12.4. The van der Waals surface area contributed by atoms with Gasteiger partial charge in [0.05, 0.1) is 16.0 Å². The SMILES string of the molecule is O=C(c1cc(O)ccc1Cl)N1CCCC(Cl)C1. The molecule has 1 fully saturated rings. The minimum atomic E-state index is -0.170. The average Bonchev–Trinajstić information content (AvgIpc) is 2.31. The van der Waals surface area contributed by atoms with Crippen molar-refractivity contribution in [2.24, 2.45) is 0 Å². The third-order valence-electron chi connectivity index (χ3n) is 2.83. The summed E-state index contributed by atoms with van der Waals surface area (Å²) in [5, 5.41) is 9.74. The van der Waals surface area contributed by atoms with Crippen LogP contribution in [0.15, 0.2) is 18.2 Å². The first-order valence-corrected chi connectivity index (χ1v) is 6.31. The number of hydrogen-bond donors (Lipinski definition) is 1. The highest BCUT2D eigenvalue weighted by atomic mass is 35.5. The van der Waals surface area contributed by atoms with Crippen LogP contribution in [-0.2, 0) is 0 Å². The van der Waals surface area contributed by atoms with Gasteiger partial charge in [-0.25, -0.2) is 0 Å². The third-order valence-corrected chi connectivity index (χ3v) is 3.52. The molecule has 1 aliphatic heterocycles. The van der Waals surface area contributed by atoms with E-state index in [-0.39, 0.29) is 17.0 Å². The minimum absolute atomic E-state index is 0.00350. The monoisotopic (exact) mass is 273 g/mol. The molecule has 1 amide bonds. The number of carbonyl (C=O) groups is 1. The number of carbonyl (C=O) groups excluding carboxylic acids is 1. The fourth-order valence-electron chi connectivity index (χ4n) is 1.96. The van der Waals surface area contributed by atoms with Crippen molar-refractivity contribution in [1.82, 2.24) is 4.90 Å². The average molecular weight is 274 g/mol. The van der Waals surface area contributed by atoms with E-state index in [9.17, 15) is 9.90 Å². The number of rotatable bonds is 1. The first kappa shape index (κ1) is 12.5. The molecule has 0 saturated carbocycles. The number of nitrogens with zero attached hydrogens (tertiary/aromatic N) is 1. The molecule has 1 N–H and O–H groups in total. The van der Waals surface area contributed by atoms with Gasteiger partial charge in [0.1, 0.15) is 5.75 Å². The van der Waals surface area contributed by atoms with Crippen molar-refractivity contribution in [3.05, 3.63) is 28.8 Å². The minimum Gasteiger partial charge on any atom is -0.508 e. The van der Waals surface area contributed by atoms with E-state index < -0.39 is 0 Å². The molecule has 0 aromatic heterocycles. The highest BCUT2D eigenvalue weighted by molar-refractivity contribution is 6.33. The van der Waals surface area contributed by atoms with Crippen LogP contribution in [0.1, 0.15) is 23.2 Å². The quantitative estimate of drug-likeness (QED) is 0.800. The van der Waals surface area contributed by atoms with Crippen molar-refractivity contribution >= 4 is 29.1 Å². The number of benzene rings is 1. The van der Waals surface area contributed by atoms with Crippen LogP contribution in [0.4, 0.5) is 0 Å². The van der Waals surface area contributed by atoms with E-state index in [1.165, 1.54) is 18.2 Å². The summed E-state index contributed by atoms with van der Waals surface area (Å²) in [7, 11) is 0. The number of halogens is 2. The Morgan fingerprint density at radius 2 is 2.24 bits per heavy atom. The van der Waals surface area contributed by atoms with Gasteiger partial charge in [-0.1, -0.05) is 11.6 Å². The molecule has 0 aliphatic carbocycles. The first-order valence-electron chi connectivity index (χ1n) is 5.50. The Kier molecular flexibility index (Phi) is 3.79. The summed E-state index contributed by atoms with van der Waals surface area (Å²) in [5.41, 5.74) is 0.331. The zero-order valence-corrected chi connectivity index (χ0v) is 10.7. The molecule has 17 heavy (non-hydrogen) atoms. The Morgan fingerprint density at radius 3 is 2.94 bits per heavy atom. The van der Waals surface area contributed by atoms with Crippen molar-refractivity contribution in [3.8, 4) is 5.75 Å². The van der Waals surface area contributed by atoms with Crippen molar-refractivity contribution in [2.45, 2.75) is 18.2 Å². The topological polar surface area (TPSA) is 40.5 Å². The maximum atomic E-state index is 12.2. The van der Waals surface area contributed by atoms with Crippen LogP contribution in [0.2, 0.25) is 5.02 Å². The van der Waals surface area contributed by atoms with Gasteiger partial charge < -0.3 is 10.0 Å². The van der Waals surface area contributed by atoms with Gasteiger partial charge in [0.2, 0.25) is 0 Å². The zero-order valence-electron chi connectivity index (χ0n) is 9.20. The largest absolute Gasteiger partial charge is 0.508 e. The third kappa shape index (κ3) is 2.85. The van der Waals surface area contributed by atoms with E-state index >= 15 is 0 Å². The Morgan fingerprint density at radius 1 is 1.47 bits per heavy atom. The van der Waals surface area contributed by atoms with Crippen molar-refractivity contribution in [3.63, 3.8) is 0 Å². The second-order valence-electron chi connectivity index (χ2n) is 4.15. The summed E-state index contributed by atoms with van der Waals surface area (Å²) in [6.45, 7) is 1.22. The molecule has 1 atom stereocenters. The maximum Gasteiger partial charge on any atom is 0.255 e. The Hall–Kier alpha value is -0.930. The van der Waals surface area contributed by atoms with Crippen LogP contribution in [0.5, 0.6) is 5.75 Å². The molecular formula is C12H13Cl2NO2. The summed E-state index contributed by atoms with van der Waals surface area (Å²) in [6.07, 6.45) is 1.83. The lowest BCUT2D eigenvalue weighted by molar-refractivity contribution is 0.0727. The van der Waals surface area contributed by atoms with Crippen LogP contribution in [0.25, 0.3) is 0 Å². The van der Waals surface area contributed by atoms with Crippen molar-refractivity contribution in [2.75, 3.05) is 13.1 Å². The number of hydrogen-bond acceptors (Lipinski definition) is 2. The summed E-state index contributed by atoms with van der Waals surface area (Å²) < 4.78 is 0. The van der Waals surface area contributed by atoms with Crippen LogP contribution in [0.3, 0.4) is 0 Å². The van der Waals surface area contributed by atoms with Gasteiger partial charge in [0, 0.05) is 13.1 Å². The lowest BCUT2D eigenvalue weighted by Gasteiger charge is -2.30. The number of phenolic OH excluding ortho intramolecular Hbond substituents is 1. The lowest BCUT2D eigenvalue weighted by Crippen LogP contribution is -2.40. The number of phenols is 1. The van der Waals surface area contributed by atoms with E-state index in [1.807, 2.05) is 0 Å². The van der Waals surface area contributed by atoms with Crippen LogP contribution in [0, 0.1) is 0 Å². The Labute approximate surface area is 110 Å². The molecule has 0 radical (unpaired) electrons. The lowest BCUT2D eigenvalue weighted by atomic mass is 10.1. The van der Waals surface area contributed by atoms with Gasteiger partial charge in [0.15, 0.2) is 0 Å². The number of amides is 1. The van der Waals surface area contributed by atoms with Gasteiger partial charge in [-0.15, -0.1) is 11.6 Å². The molecule has 1 heterocycles. The molecule has 3 nitrogen and oxygen atoms in total. The highest BCUT2D eigenvalue weighted by Gasteiger charge is 2.24. The van der Waals surface area contributed by atoms with Crippen molar-refractivity contribution < 1.29 is 9.90 Å². The molecule has 0 spiro atoms. The summed E-state index contributed by atoms with van der Waals surface area (Å²) >= 11 is 12.0. The molecule has 1 aromatic rings. The number of alkyl halides is 1. The van der Waals surface area contributed by atoms with Crippen LogP contribution >= 0.6 is 23.2 Å². The first-order chi connectivity index (χ1) is 8.08. The maximum absolute atomic E-state index is 12.2. The van der Waals surface area contributed by atoms with Gasteiger partial charge in [0.25, 0.3) is 5.91 Å². The number of piperidine rings is 1. The van der Waals surface area contributed by atoms with Crippen molar-refractivity contribution in [1.29, 1.82) is 0 Å². The van der Waals surface area contributed by atoms with E-state index in [0.29, 0.717) is 23.7 Å². The second kappa shape index (κ2) is 5.15. The Bertz CT molecular complexity index is 437. The molecular weight excluding hydrogens is 261 g/mol.